The first-order valence-corrected chi connectivity index (χ1v) is 7.77. The molecule has 2 aromatic carbocycles. The van der Waals surface area contributed by atoms with Crippen molar-refractivity contribution < 1.29 is 4.79 Å². The van der Waals surface area contributed by atoms with Crippen LogP contribution >= 0.6 is 0 Å². The lowest BCUT2D eigenvalue weighted by Crippen LogP contribution is -2.29. The predicted octanol–water partition coefficient (Wildman–Crippen LogP) is 3.46. The molecule has 22 heavy (non-hydrogen) atoms. The third-order valence-corrected chi connectivity index (χ3v) is 3.74. The highest BCUT2D eigenvalue weighted by Gasteiger charge is 2.02. The lowest BCUT2D eigenvalue weighted by Gasteiger charge is -2.08. The van der Waals surface area contributed by atoms with E-state index in [0.29, 0.717) is 6.54 Å². The van der Waals surface area contributed by atoms with Gasteiger partial charge in [0.05, 0.1) is 6.54 Å². The van der Waals surface area contributed by atoms with Gasteiger partial charge in [-0.05, 0) is 62.1 Å². The van der Waals surface area contributed by atoms with Crippen LogP contribution in [-0.2, 0) is 11.2 Å². The Bertz CT molecular complexity index is 608. The highest BCUT2D eigenvalue weighted by atomic mass is 16.1. The van der Waals surface area contributed by atoms with Crippen LogP contribution < -0.4 is 10.6 Å². The zero-order chi connectivity index (χ0) is 15.8. The number of aryl methyl sites for hydroxylation is 3. The summed E-state index contributed by atoms with van der Waals surface area (Å²) in [6.07, 6.45) is 2.06. The molecule has 0 aliphatic rings. The van der Waals surface area contributed by atoms with Gasteiger partial charge in [-0.3, -0.25) is 4.79 Å². The minimum atomic E-state index is 0.00274. The third kappa shape index (κ3) is 5.34. The van der Waals surface area contributed by atoms with Gasteiger partial charge >= 0.3 is 0 Å². The lowest BCUT2D eigenvalue weighted by molar-refractivity contribution is -0.115. The summed E-state index contributed by atoms with van der Waals surface area (Å²) in [5.74, 6) is 0.00274. The molecule has 3 heteroatoms. The van der Waals surface area contributed by atoms with Gasteiger partial charge in [-0.25, -0.2) is 0 Å². The van der Waals surface area contributed by atoms with Crippen molar-refractivity contribution in [3.05, 3.63) is 65.2 Å². The number of rotatable bonds is 7. The quantitative estimate of drug-likeness (QED) is 0.768. The molecule has 2 rings (SSSR count). The zero-order valence-electron chi connectivity index (χ0n) is 13.4. The monoisotopic (exact) mass is 296 g/mol. The van der Waals surface area contributed by atoms with Gasteiger partial charge in [-0.1, -0.05) is 36.4 Å². The molecule has 0 bridgehead atoms. The Hall–Kier alpha value is -2.13. The number of carbonyl (C=O) groups excluding carboxylic acids is 1. The summed E-state index contributed by atoms with van der Waals surface area (Å²) in [5.41, 5.74) is 4.62. The van der Waals surface area contributed by atoms with E-state index in [0.717, 1.165) is 25.1 Å². The van der Waals surface area contributed by atoms with Crippen LogP contribution in [0.25, 0.3) is 0 Å². The Balaban J connectivity index is 1.64. The van der Waals surface area contributed by atoms with Crippen LogP contribution in [0, 0.1) is 13.8 Å². The van der Waals surface area contributed by atoms with Gasteiger partial charge in [0.25, 0.3) is 0 Å². The Labute approximate surface area is 132 Å². The molecule has 0 unspecified atom stereocenters. The summed E-state index contributed by atoms with van der Waals surface area (Å²) in [6.45, 7) is 5.30. The van der Waals surface area contributed by atoms with Gasteiger partial charge in [0.1, 0.15) is 0 Å². The van der Waals surface area contributed by atoms with Gasteiger partial charge in [0.2, 0.25) is 5.91 Å². The van der Waals surface area contributed by atoms with E-state index < -0.39 is 0 Å². The molecule has 0 saturated carbocycles. The fourth-order valence-electron chi connectivity index (χ4n) is 2.29. The van der Waals surface area contributed by atoms with Crippen molar-refractivity contribution in [2.75, 3.05) is 18.4 Å². The van der Waals surface area contributed by atoms with Crippen molar-refractivity contribution in [3.8, 4) is 0 Å². The van der Waals surface area contributed by atoms with Crippen LogP contribution in [0.4, 0.5) is 5.69 Å². The number of amides is 1. The van der Waals surface area contributed by atoms with Crippen LogP contribution in [0.15, 0.2) is 48.5 Å². The largest absolute Gasteiger partial charge is 0.325 e. The summed E-state index contributed by atoms with van der Waals surface area (Å²) < 4.78 is 0. The van der Waals surface area contributed by atoms with Crippen molar-refractivity contribution in [3.63, 3.8) is 0 Å². The van der Waals surface area contributed by atoms with E-state index in [2.05, 4.69) is 41.8 Å². The average molecular weight is 296 g/mol. The zero-order valence-corrected chi connectivity index (χ0v) is 13.4. The standard InChI is InChI=1S/C19H24N2O/c1-15-10-11-18(13-16(15)2)21-19(22)14-20-12-6-9-17-7-4-3-5-8-17/h3-5,7-8,10-11,13,20H,6,9,12,14H2,1-2H3,(H,21,22). The van der Waals surface area contributed by atoms with Gasteiger partial charge < -0.3 is 10.6 Å². The van der Waals surface area contributed by atoms with Crippen LogP contribution in [-0.4, -0.2) is 19.0 Å². The van der Waals surface area contributed by atoms with Crippen molar-refractivity contribution in [1.82, 2.24) is 5.32 Å². The first-order chi connectivity index (χ1) is 10.6. The molecule has 0 aromatic heterocycles. The molecule has 116 valence electrons. The SMILES string of the molecule is Cc1ccc(NC(=O)CNCCCc2ccccc2)cc1C. The first-order valence-electron chi connectivity index (χ1n) is 7.77. The van der Waals surface area contributed by atoms with Gasteiger partial charge in [0, 0.05) is 5.69 Å². The van der Waals surface area contributed by atoms with E-state index in [1.165, 1.54) is 16.7 Å². The highest BCUT2D eigenvalue weighted by molar-refractivity contribution is 5.92. The molecule has 2 aromatic rings. The molecule has 3 nitrogen and oxygen atoms in total. The van der Waals surface area contributed by atoms with E-state index in [9.17, 15) is 4.79 Å². The average Bonchev–Trinajstić information content (AvgIpc) is 2.52. The molecule has 0 fully saturated rings. The number of nitrogens with one attached hydrogen (secondary N) is 2. The van der Waals surface area contributed by atoms with E-state index in [4.69, 9.17) is 0 Å². The second kappa shape index (κ2) is 8.35. The Morgan fingerprint density at radius 1 is 1.00 bits per heavy atom. The Kier molecular flexibility index (Phi) is 6.16. The Morgan fingerprint density at radius 2 is 1.77 bits per heavy atom. The second-order valence-electron chi connectivity index (χ2n) is 5.61. The van der Waals surface area contributed by atoms with Crippen LogP contribution in [0.2, 0.25) is 0 Å². The van der Waals surface area contributed by atoms with Crippen LogP contribution in [0.5, 0.6) is 0 Å². The molecule has 0 atom stereocenters. The second-order valence-corrected chi connectivity index (χ2v) is 5.61. The number of carbonyl (C=O) groups is 1. The number of hydrogen-bond acceptors (Lipinski definition) is 2. The minimum absolute atomic E-state index is 0.00274. The highest BCUT2D eigenvalue weighted by Crippen LogP contribution is 2.13. The maximum atomic E-state index is 11.9. The van der Waals surface area contributed by atoms with E-state index in [1.807, 2.05) is 31.2 Å². The van der Waals surface area contributed by atoms with Gasteiger partial charge in [-0.15, -0.1) is 0 Å². The summed E-state index contributed by atoms with van der Waals surface area (Å²) in [7, 11) is 0. The van der Waals surface area contributed by atoms with E-state index in [-0.39, 0.29) is 5.91 Å². The van der Waals surface area contributed by atoms with Crippen molar-refractivity contribution in [2.45, 2.75) is 26.7 Å². The topological polar surface area (TPSA) is 41.1 Å². The number of hydrogen-bond donors (Lipinski definition) is 2. The van der Waals surface area contributed by atoms with Crippen molar-refractivity contribution >= 4 is 11.6 Å². The maximum absolute atomic E-state index is 11.9. The summed E-state index contributed by atoms with van der Waals surface area (Å²) in [5, 5.41) is 6.11. The molecular formula is C19H24N2O. The van der Waals surface area contributed by atoms with Crippen LogP contribution in [0.1, 0.15) is 23.1 Å². The van der Waals surface area contributed by atoms with E-state index in [1.54, 1.807) is 0 Å². The summed E-state index contributed by atoms with van der Waals surface area (Å²) in [4.78, 5) is 11.9. The van der Waals surface area contributed by atoms with E-state index >= 15 is 0 Å². The van der Waals surface area contributed by atoms with Crippen molar-refractivity contribution in [2.24, 2.45) is 0 Å². The van der Waals surface area contributed by atoms with Crippen LogP contribution in [0.3, 0.4) is 0 Å². The molecule has 2 N–H and O–H groups in total. The van der Waals surface area contributed by atoms with Gasteiger partial charge in [0.15, 0.2) is 0 Å². The fraction of sp³-hybridized carbons (Fsp3) is 0.316. The lowest BCUT2D eigenvalue weighted by atomic mass is 10.1. The molecular weight excluding hydrogens is 272 g/mol. The first kappa shape index (κ1) is 16.2. The fourth-order valence-corrected chi connectivity index (χ4v) is 2.29. The number of benzene rings is 2. The molecule has 0 aliphatic heterocycles. The summed E-state index contributed by atoms with van der Waals surface area (Å²) >= 11 is 0. The third-order valence-electron chi connectivity index (χ3n) is 3.74. The smallest absolute Gasteiger partial charge is 0.238 e. The molecule has 0 saturated heterocycles. The number of anilines is 1. The Morgan fingerprint density at radius 3 is 2.50 bits per heavy atom. The predicted molar refractivity (Wildman–Crippen MR) is 92.2 cm³/mol. The molecule has 0 heterocycles. The molecule has 1 amide bonds. The normalized spacial score (nSPS) is 10.5. The van der Waals surface area contributed by atoms with Crippen molar-refractivity contribution in [1.29, 1.82) is 0 Å². The minimum Gasteiger partial charge on any atom is -0.325 e. The maximum Gasteiger partial charge on any atom is 0.238 e. The summed E-state index contributed by atoms with van der Waals surface area (Å²) in [6, 6.07) is 16.4. The molecule has 0 radical (unpaired) electrons. The molecule has 0 aliphatic carbocycles. The van der Waals surface area contributed by atoms with Gasteiger partial charge in [-0.2, -0.15) is 0 Å². The molecule has 0 spiro atoms.